The summed E-state index contributed by atoms with van der Waals surface area (Å²) in [7, 11) is 1.91. The first-order valence-corrected chi connectivity index (χ1v) is 17.6. The normalized spacial score (nSPS) is 10.6. The quantitative estimate of drug-likeness (QED) is 0.0907. The van der Waals surface area contributed by atoms with E-state index in [0.29, 0.717) is 25.0 Å². The molecule has 0 aliphatic heterocycles. The average molecular weight is 824 g/mol. The Morgan fingerprint density at radius 1 is 0.955 bits per heavy atom. The van der Waals surface area contributed by atoms with Crippen molar-refractivity contribution in [3.05, 3.63) is 61.8 Å². The Balaban J connectivity index is -0.0000000853. The van der Waals surface area contributed by atoms with Crippen LogP contribution >= 0.6 is 11.9 Å². The molecule has 0 bridgehead atoms. The fourth-order valence-electron chi connectivity index (χ4n) is 3.71. The molecule has 1 aromatic carbocycles. The van der Waals surface area contributed by atoms with Gasteiger partial charge in [0.15, 0.2) is 0 Å². The van der Waals surface area contributed by atoms with Gasteiger partial charge in [-0.1, -0.05) is 147 Å². The van der Waals surface area contributed by atoms with Crippen molar-refractivity contribution < 1.29 is 31.9 Å². The summed E-state index contributed by atoms with van der Waals surface area (Å²) in [6.07, 6.45) is 4.99. The third-order valence-corrected chi connectivity index (χ3v) is 7.37. The minimum Gasteiger partial charge on any atom is -0.465 e. The van der Waals surface area contributed by atoms with Crippen LogP contribution in [-0.4, -0.2) is 41.6 Å². The summed E-state index contributed by atoms with van der Waals surface area (Å²) in [4.78, 5) is 12.4. The number of ether oxygens (including phenoxy) is 1. The monoisotopic (exact) mass is 824 g/mol. The van der Waals surface area contributed by atoms with E-state index >= 15 is 0 Å². The minimum absolute atomic E-state index is 0. The van der Waals surface area contributed by atoms with Gasteiger partial charge in [-0.05, 0) is 72.7 Å². The van der Waals surface area contributed by atoms with Crippen LogP contribution in [0.4, 0.5) is 0 Å². The molecule has 0 heterocycles. The van der Waals surface area contributed by atoms with E-state index in [4.69, 9.17) is 4.74 Å². The SMILES string of the molecule is C=CN([CH-]N(C)CCOC(C)=O)SC.CC.CC.CC.CCC(C)C(C)C(C)C.Cc1c(C(C)C)cccc1C(C)C.[Au].[CH3-]. The molecule has 0 saturated heterocycles. The second kappa shape index (κ2) is 40.3. The van der Waals surface area contributed by atoms with Crippen LogP contribution < -0.4 is 0 Å². The van der Waals surface area contributed by atoms with Gasteiger partial charge in [-0.25, -0.2) is 0 Å². The molecule has 0 aliphatic carbocycles. The van der Waals surface area contributed by atoms with Crippen molar-refractivity contribution in [2.45, 2.75) is 136 Å². The largest absolute Gasteiger partial charge is 0.465 e. The maximum atomic E-state index is 10.5. The summed E-state index contributed by atoms with van der Waals surface area (Å²) < 4.78 is 6.68. The number of carbonyl (C=O) groups excluding carboxylic acids is 1. The number of hydrogen-bond acceptors (Lipinski definition) is 5. The molecule has 271 valence electrons. The number of benzene rings is 1. The predicted octanol–water partition coefficient (Wildman–Crippen LogP) is 12.4. The standard InChI is InChI=1S/C13H20.C9H17N2O2S.C9H20.3C2H6.CH3.Au/c1-9(2)12-7-6-8-13(10(3)4)11(12)5;1-5-11(14-4)8-10(3)6-7-13-9(2)12;1-6-8(4)9(5)7(2)3;3*1-2;;/h6-10H,1-5H3;5,8H,1,6-7H2,2-4H3;7-9H,6H2,1-5H3;3*1-2H3;1H3;/q;-1;;;;;-1;. The van der Waals surface area contributed by atoms with Gasteiger partial charge >= 0.3 is 5.97 Å². The molecule has 0 spiro atoms. The topological polar surface area (TPSA) is 32.8 Å². The van der Waals surface area contributed by atoms with Gasteiger partial charge in [-0.2, -0.15) is 6.67 Å². The molecule has 2 atom stereocenters. The maximum absolute atomic E-state index is 10.5. The Bertz CT molecular complexity index is 701. The van der Waals surface area contributed by atoms with Crippen molar-refractivity contribution >= 4 is 17.9 Å². The molecule has 1 radical (unpaired) electrons. The molecular formula is C38H78AuN2O2S-2. The van der Waals surface area contributed by atoms with Crippen LogP contribution in [0.2, 0.25) is 0 Å². The number of rotatable bonds is 12. The number of esters is 1. The van der Waals surface area contributed by atoms with Gasteiger partial charge in [0.1, 0.15) is 6.61 Å². The molecule has 44 heavy (non-hydrogen) atoms. The number of nitrogens with zero attached hydrogens (tertiary/aromatic N) is 2. The summed E-state index contributed by atoms with van der Waals surface area (Å²) in [5, 5.41) is 0. The molecule has 0 saturated carbocycles. The molecule has 0 amide bonds. The zero-order chi connectivity index (χ0) is 34.4. The van der Waals surface area contributed by atoms with Gasteiger partial charge in [-0.3, -0.25) is 4.79 Å². The molecule has 2 unspecified atom stereocenters. The summed E-state index contributed by atoms with van der Waals surface area (Å²) in [6, 6.07) is 6.66. The molecule has 0 fully saturated rings. The number of hydrogen-bond donors (Lipinski definition) is 0. The van der Waals surface area contributed by atoms with Gasteiger partial charge < -0.3 is 21.4 Å². The third kappa shape index (κ3) is 32.7. The van der Waals surface area contributed by atoms with Crippen molar-refractivity contribution in [2.24, 2.45) is 17.8 Å². The van der Waals surface area contributed by atoms with E-state index < -0.39 is 0 Å². The number of likely N-dealkylation sites (N-methyl/N-ethyl adjacent to an activating group) is 1. The maximum Gasteiger partial charge on any atom is 0.302 e. The van der Waals surface area contributed by atoms with Gasteiger partial charge in [0.25, 0.3) is 0 Å². The average Bonchev–Trinajstić information content (AvgIpc) is 2.98. The van der Waals surface area contributed by atoms with Crippen LogP contribution in [0, 0.1) is 38.8 Å². The zero-order valence-electron chi connectivity index (χ0n) is 33.0. The van der Waals surface area contributed by atoms with Crippen LogP contribution in [0.1, 0.15) is 146 Å². The Hall–Kier alpha value is -0.720. The fourth-order valence-corrected chi connectivity index (χ4v) is 4.11. The summed E-state index contributed by atoms with van der Waals surface area (Å²) in [5.41, 5.74) is 4.46. The van der Waals surface area contributed by atoms with E-state index in [1.165, 1.54) is 30.0 Å². The second-order valence-electron chi connectivity index (χ2n) is 10.5. The van der Waals surface area contributed by atoms with E-state index in [1.807, 2.05) is 70.7 Å². The van der Waals surface area contributed by atoms with Gasteiger partial charge in [0, 0.05) is 35.8 Å². The molecule has 0 N–H and O–H groups in total. The molecule has 0 aromatic heterocycles. The van der Waals surface area contributed by atoms with Crippen LogP contribution in [-0.2, 0) is 31.9 Å². The zero-order valence-corrected chi connectivity index (χ0v) is 36.0. The van der Waals surface area contributed by atoms with Crippen LogP contribution in [0.15, 0.2) is 31.0 Å². The summed E-state index contributed by atoms with van der Waals surface area (Å²) >= 11 is 1.55. The van der Waals surface area contributed by atoms with Crippen molar-refractivity contribution in [1.29, 1.82) is 0 Å². The molecule has 4 nitrogen and oxygen atoms in total. The first-order chi connectivity index (χ1) is 19.7. The van der Waals surface area contributed by atoms with E-state index in [-0.39, 0.29) is 35.8 Å². The molecule has 0 aliphatic rings. The predicted molar refractivity (Wildman–Crippen MR) is 202 cm³/mol. The van der Waals surface area contributed by atoms with E-state index in [0.717, 1.165) is 17.8 Å². The van der Waals surface area contributed by atoms with Crippen molar-refractivity contribution in [2.75, 3.05) is 26.5 Å². The fraction of sp³-hybridized carbons (Fsp3) is 0.711. The molecule has 6 heteroatoms. The Kier molecular flexibility index (Phi) is 53.8. The second-order valence-corrected chi connectivity index (χ2v) is 11.3. The Morgan fingerprint density at radius 2 is 1.36 bits per heavy atom. The smallest absolute Gasteiger partial charge is 0.302 e. The summed E-state index contributed by atoms with van der Waals surface area (Å²) in [5.74, 6) is 3.65. The summed E-state index contributed by atoms with van der Waals surface area (Å²) in [6.45, 7) is 42.8. The van der Waals surface area contributed by atoms with E-state index in [1.54, 1.807) is 18.1 Å². The van der Waals surface area contributed by atoms with E-state index in [2.05, 4.69) is 94.0 Å². The van der Waals surface area contributed by atoms with Crippen LogP contribution in [0.5, 0.6) is 0 Å². The van der Waals surface area contributed by atoms with Crippen LogP contribution in [0.3, 0.4) is 0 Å². The molecule has 1 aromatic rings. The molecule has 1 rings (SSSR count). The van der Waals surface area contributed by atoms with Gasteiger partial charge in [0.05, 0.1) is 0 Å². The first kappa shape index (κ1) is 58.8. The van der Waals surface area contributed by atoms with Crippen molar-refractivity contribution in [1.82, 2.24) is 9.21 Å². The van der Waals surface area contributed by atoms with E-state index in [9.17, 15) is 4.79 Å². The Labute approximate surface area is 299 Å². The van der Waals surface area contributed by atoms with Gasteiger partial charge in [0.2, 0.25) is 0 Å². The van der Waals surface area contributed by atoms with Crippen molar-refractivity contribution in [3.63, 3.8) is 0 Å². The molecular weight excluding hydrogens is 745 g/mol. The van der Waals surface area contributed by atoms with Gasteiger partial charge in [-0.15, -0.1) is 0 Å². The van der Waals surface area contributed by atoms with Crippen molar-refractivity contribution in [3.8, 4) is 0 Å². The minimum atomic E-state index is -0.246. The number of carbonyl (C=O) groups is 1. The Morgan fingerprint density at radius 3 is 1.61 bits per heavy atom. The van der Waals surface area contributed by atoms with Crippen LogP contribution in [0.25, 0.3) is 0 Å². The third-order valence-electron chi connectivity index (χ3n) is 6.71. The first-order valence-electron chi connectivity index (χ1n) is 16.5.